The Bertz CT molecular complexity index is 1140. The number of hydrogen-bond donors (Lipinski definition) is 1. The Balaban J connectivity index is 1.38. The van der Waals surface area contributed by atoms with Crippen LogP contribution in [0.1, 0.15) is 5.56 Å². The van der Waals surface area contributed by atoms with Gasteiger partial charge in [0.2, 0.25) is 15.9 Å². The highest BCUT2D eigenvalue weighted by Crippen LogP contribution is 2.25. The minimum atomic E-state index is -3.65. The summed E-state index contributed by atoms with van der Waals surface area (Å²) in [6, 6.07) is 12.6. The zero-order valence-electron chi connectivity index (χ0n) is 15.9. The first-order valence-corrected chi connectivity index (χ1v) is 11.4. The van der Waals surface area contributed by atoms with Crippen LogP contribution in [-0.2, 0) is 14.8 Å². The third-order valence-electron chi connectivity index (χ3n) is 4.87. The van der Waals surface area contributed by atoms with Gasteiger partial charge in [-0.15, -0.1) is 0 Å². The van der Waals surface area contributed by atoms with E-state index in [4.69, 9.17) is 0 Å². The number of carbonyl (C=O) groups excluding carboxylic acids is 1. The third-order valence-corrected chi connectivity index (χ3v) is 7.34. The summed E-state index contributed by atoms with van der Waals surface area (Å²) in [7, 11) is -3.65. The van der Waals surface area contributed by atoms with E-state index in [1.807, 2.05) is 36.1 Å². The number of rotatable bonds is 5. The van der Waals surface area contributed by atoms with E-state index in [9.17, 15) is 13.2 Å². The number of nitrogens with one attached hydrogen (secondary N) is 1. The fourth-order valence-electron chi connectivity index (χ4n) is 3.38. The van der Waals surface area contributed by atoms with Gasteiger partial charge >= 0.3 is 0 Å². The van der Waals surface area contributed by atoms with Crippen molar-refractivity contribution in [2.75, 3.05) is 38.0 Å². The van der Waals surface area contributed by atoms with Crippen molar-refractivity contribution in [1.82, 2.24) is 18.0 Å². The van der Waals surface area contributed by atoms with Crippen molar-refractivity contribution in [3.63, 3.8) is 0 Å². The number of anilines is 1. The molecular weight excluding hydrogens is 410 g/mol. The molecule has 8 nitrogen and oxygen atoms in total. The van der Waals surface area contributed by atoms with Gasteiger partial charge < -0.3 is 5.32 Å². The number of fused-ring (bicyclic) bond motifs is 1. The SMILES string of the molecule is Cc1cccc(NC(=O)CN2CCN(S(=O)(=O)c3cccc4nsnc34)CC2)c1. The number of nitrogens with zero attached hydrogens (tertiary/aromatic N) is 4. The van der Waals surface area contributed by atoms with E-state index in [1.165, 1.54) is 4.31 Å². The number of piperazine rings is 1. The van der Waals surface area contributed by atoms with E-state index in [2.05, 4.69) is 14.1 Å². The number of hydrogen-bond acceptors (Lipinski definition) is 7. The van der Waals surface area contributed by atoms with Gasteiger partial charge in [0.25, 0.3) is 0 Å². The lowest BCUT2D eigenvalue weighted by atomic mass is 10.2. The number of aromatic nitrogens is 2. The molecule has 1 saturated heterocycles. The van der Waals surface area contributed by atoms with Crippen molar-refractivity contribution in [2.45, 2.75) is 11.8 Å². The minimum Gasteiger partial charge on any atom is -0.325 e. The summed E-state index contributed by atoms with van der Waals surface area (Å²) in [6.45, 7) is 3.84. The molecule has 3 aromatic rings. The third kappa shape index (κ3) is 4.30. The Hall–Kier alpha value is -2.40. The molecule has 0 unspecified atom stereocenters. The van der Waals surface area contributed by atoms with E-state index < -0.39 is 10.0 Å². The van der Waals surface area contributed by atoms with Crippen LogP contribution in [0, 0.1) is 6.92 Å². The average molecular weight is 432 g/mol. The predicted octanol–water partition coefficient (Wildman–Crippen LogP) is 1.94. The van der Waals surface area contributed by atoms with Crippen LogP contribution in [0.15, 0.2) is 47.4 Å². The maximum Gasteiger partial charge on any atom is 0.245 e. The predicted molar refractivity (Wildman–Crippen MR) is 112 cm³/mol. The zero-order valence-corrected chi connectivity index (χ0v) is 17.5. The summed E-state index contributed by atoms with van der Waals surface area (Å²) in [6.07, 6.45) is 0. The second-order valence-electron chi connectivity index (χ2n) is 6.99. The molecule has 1 fully saturated rings. The molecule has 1 N–H and O–H groups in total. The topological polar surface area (TPSA) is 95.5 Å². The summed E-state index contributed by atoms with van der Waals surface area (Å²) in [5.74, 6) is -0.106. The number of aryl methyl sites for hydroxylation is 1. The fourth-order valence-corrected chi connectivity index (χ4v) is 5.56. The Labute approximate surface area is 173 Å². The van der Waals surface area contributed by atoms with Gasteiger partial charge in [0.1, 0.15) is 15.9 Å². The molecule has 29 heavy (non-hydrogen) atoms. The summed E-state index contributed by atoms with van der Waals surface area (Å²) < 4.78 is 35.8. The van der Waals surface area contributed by atoms with Gasteiger partial charge in [-0.05, 0) is 36.8 Å². The minimum absolute atomic E-state index is 0.106. The Morgan fingerprint density at radius 3 is 2.62 bits per heavy atom. The van der Waals surface area contributed by atoms with Gasteiger partial charge in [0.15, 0.2) is 0 Å². The molecule has 1 aliphatic rings. The summed E-state index contributed by atoms with van der Waals surface area (Å²) >= 11 is 1.00. The number of amides is 1. The fraction of sp³-hybridized carbons (Fsp3) is 0.316. The Kier molecular flexibility index (Phi) is 5.59. The van der Waals surface area contributed by atoms with Crippen LogP contribution in [-0.4, -0.2) is 65.0 Å². The van der Waals surface area contributed by atoms with Gasteiger partial charge in [0.05, 0.1) is 18.3 Å². The summed E-state index contributed by atoms with van der Waals surface area (Å²) in [4.78, 5) is 14.5. The first-order chi connectivity index (χ1) is 13.9. The quantitative estimate of drug-likeness (QED) is 0.663. The van der Waals surface area contributed by atoms with Gasteiger partial charge in [-0.3, -0.25) is 9.69 Å². The second-order valence-corrected chi connectivity index (χ2v) is 9.42. The van der Waals surface area contributed by atoms with Crippen molar-refractivity contribution in [2.24, 2.45) is 0 Å². The molecule has 0 spiro atoms. The molecule has 4 rings (SSSR count). The number of sulfonamides is 1. The van der Waals surface area contributed by atoms with E-state index in [0.717, 1.165) is 23.0 Å². The largest absolute Gasteiger partial charge is 0.325 e. The van der Waals surface area contributed by atoms with E-state index in [0.29, 0.717) is 37.2 Å². The Morgan fingerprint density at radius 1 is 1.10 bits per heavy atom. The number of benzene rings is 2. The Morgan fingerprint density at radius 2 is 1.86 bits per heavy atom. The molecule has 1 amide bonds. The molecular formula is C19H21N5O3S2. The molecule has 0 radical (unpaired) electrons. The maximum absolute atomic E-state index is 13.1. The number of carbonyl (C=O) groups is 1. The zero-order chi connectivity index (χ0) is 20.4. The molecule has 1 aromatic heterocycles. The van der Waals surface area contributed by atoms with Gasteiger partial charge in [-0.25, -0.2) is 8.42 Å². The van der Waals surface area contributed by atoms with E-state index in [1.54, 1.807) is 18.2 Å². The monoisotopic (exact) mass is 431 g/mol. The van der Waals surface area contributed by atoms with Crippen molar-refractivity contribution in [3.05, 3.63) is 48.0 Å². The molecule has 152 valence electrons. The molecule has 10 heteroatoms. The molecule has 0 atom stereocenters. The van der Waals surface area contributed by atoms with Crippen molar-refractivity contribution >= 4 is 44.4 Å². The lowest BCUT2D eigenvalue weighted by molar-refractivity contribution is -0.117. The van der Waals surface area contributed by atoms with Crippen LogP contribution >= 0.6 is 11.7 Å². The molecule has 1 aliphatic heterocycles. The standard InChI is InChI=1S/C19H21N5O3S2/c1-14-4-2-5-15(12-14)20-18(25)13-23-8-10-24(11-9-23)29(26,27)17-7-3-6-16-19(17)22-28-21-16/h2-7,12H,8-11,13H2,1H3,(H,20,25). The van der Waals surface area contributed by atoms with Crippen LogP contribution < -0.4 is 5.32 Å². The van der Waals surface area contributed by atoms with Crippen molar-refractivity contribution in [3.8, 4) is 0 Å². The van der Waals surface area contributed by atoms with Gasteiger partial charge in [-0.2, -0.15) is 13.1 Å². The second kappa shape index (κ2) is 8.15. The van der Waals surface area contributed by atoms with Gasteiger partial charge in [-0.1, -0.05) is 18.2 Å². The van der Waals surface area contributed by atoms with Crippen LogP contribution in [0.3, 0.4) is 0 Å². The summed E-state index contributed by atoms with van der Waals surface area (Å²) in [5.41, 5.74) is 2.84. The lowest BCUT2D eigenvalue weighted by Crippen LogP contribution is -2.50. The van der Waals surface area contributed by atoms with Crippen LogP contribution in [0.2, 0.25) is 0 Å². The van der Waals surface area contributed by atoms with Crippen molar-refractivity contribution in [1.29, 1.82) is 0 Å². The maximum atomic E-state index is 13.1. The molecule has 0 saturated carbocycles. The first kappa shape index (κ1) is 19.9. The van der Waals surface area contributed by atoms with Crippen molar-refractivity contribution < 1.29 is 13.2 Å². The van der Waals surface area contributed by atoms with Crippen LogP contribution in [0.4, 0.5) is 5.69 Å². The highest BCUT2D eigenvalue weighted by molar-refractivity contribution is 7.89. The van der Waals surface area contributed by atoms with E-state index in [-0.39, 0.29) is 17.3 Å². The highest BCUT2D eigenvalue weighted by Gasteiger charge is 2.31. The molecule has 0 aliphatic carbocycles. The average Bonchev–Trinajstić information content (AvgIpc) is 3.17. The molecule has 2 aromatic carbocycles. The van der Waals surface area contributed by atoms with Gasteiger partial charge in [0, 0.05) is 31.9 Å². The smallest absolute Gasteiger partial charge is 0.245 e. The van der Waals surface area contributed by atoms with Crippen LogP contribution in [0.5, 0.6) is 0 Å². The summed E-state index contributed by atoms with van der Waals surface area (Å²) in [5, 5.41) is 2.89. The van der Waals surface area contributed by atoms with Crippen LogP contribution in [0.25, 0.3) is 11.0 Å². The van der Waals surface area contributed by atoms with E-state index >= 15 is 0 Å². The lowest BCUT2D eigenvalue weighted by Gasteiger charge is -2.33. The highest BCUT2D eigenvalue weighted by atomic mass is 32.2. The molecule has 0 bridgehead atoms. The normalized spacial score (nSPS) is 16.2. The first-order valence-electron chi connectivity index (χ1n) is 9.24. The molecule has 2 heterocycles.